The summed E-state index contributed by atoms with van der Waals surface area (Å²) in [6.45, 7) is 3.45. The highest BCUT2D eigenvalue weighted by Crippen LogP contribution is 2.35. The summed E-state index contributed by atoms with van der Waals surface area (Å²) in [4.78, 5) is 24.3. The number of amides is 1. The minimum absolute atomic E-state index is 0.176. The summed E-state index contributed by atoms with van der Waals surface area (Å²) in [5.41, 5.74) is -0.484. The highest BCUT2D eigenvalue weighted by atomic mass is 79.9. The van der Waals surface area contributed by atoms with Crippen molar-refractivity contribution >= 4 is 33.2 Å². The molecule has 1 aromatic rings. The summed E-state index contributed by atoms with van der Waals surface area (Å²) in [7, 11) is 0. The van der Waals surface area contributed by atoms with Crippen LogP contribution in [0.1, 0.15) is 32.3 Å². The van der Waals surface area contributed by atoms with Gasteiger partial charge in [-0.05, 0) is 24.1 Å². The first-order valence-electron chi connectivity index (χ1n) is 6.51. The van der Waals surface area contributed by atoms with Gasteiger partial charge >= 0.3 is 0 Å². The fraction of sp³-hybridized carbons (Fsp3) is 0.333. The summed E-state index contributed by atoms with van der Waals surface area (Å²) in [5, 5.41) is 13.0. The van der Waals surface area contributed by atoms with Crippen LogP contribution in [-0.2, 0) is 9.59 Å². The maximum atomic E-state index is 12.2. The average Bonchev–Trinajstić information content (AvgIpc) is 2.71. The highest BCUT2D eigenvalue weighted by molar-refractivity contribution is 9.10. The number of rotatable bonds is 4. The SMILES string of the molecule is CCC(=O)C1=C(c2ccc(Br)cc2)C(=O)NC1(O)CC. The van der Waals surface area contributed by atoms with Crippen molar-refractivity contribution in [2.24, 2.45) is 0 Å². The number of halogens is 1. The van der Waals surface area contributed by atoms with Gasteiger partial charge in [-0.25, -0.2) is 0 Å². The summed E-state index contributed by atoms with van der Waals surface area (Å²) in [6, 6.07) is 7.10. The predicted octanol–water partition coefficient (Wildman–Crippen LogP) is 2.41. The highest BCUT2D eigenvalue weighted by Gasteiger charge is 2.45. The van der Waals surface area contributed by atoms with Crippen LogP contribution in [0.5, 0.6) is 0 Å². The fourth-order valence-corrected chi connectivity index (χ4v) is 2.60. The molecule has 1 atom stereocenters. The van der Waals surface area contributed by atoms with Crippen molar-refractivity contribution in [2.75, 3.05) is 0 Å². The van der Waals surface area contributed by atoms with E-state index in [4.69, 9.17) is 0 Å². The molecule has 0 aromatic heterocycles. The molecule has 0 saturated carbocycles. The van der Waals surface area contributed by atoms with E-state index in [1.807, 2.05) is 0 Å². The van der Waals surface area contributed by atoms with Gasteiger partial charge in [0, 0.05) is 10.9 Å². The number of carbonyl (C=O) groups excluding carboxylic acids is 2. The van der Waals surface area contributed by atoms with Crippen molar-refractivity contribution in [3.8, 4) is 0 Å². The number of benzene rings is 1. The van der Waals surface area contributed by atoms with Crippen LogP contribution in [0.4, 0.5) is 0 Å². The molecule has 1 aliphatic rings. The Labute approximate surface area is 126 Å². The Morgan fingerprint density at radius 1 is 1.30 bits per heavy atom. The van der Waals surface area contributed by atoms with Gasteiger partial charge in [0.05, 0.1) is 11.1 Å². The molecule has 4 nitrogen and oxygen atoms in total. The van der Waals surface area contributed by atoms with Gasteiger partial charge in [-0.3, -0.25) is 9.59 Å². The molecule has 1 heterocycles. The van der Waals surface area contributed by atoms with E-state index in [9.17, 15) is 14.7 Å². The number of nitrogens with one attached hydrogen (secondary N) is 1. The number of hydrogen-bond donors (Lipinski definition) is 2. The Morgan fingerprint density at radius 3 is 2.40 bits per heavy atom. The van der Waals surface area contributed by atoms with Crippen LogP contribution in [0.3, 0.4) is 0 Å². The summed E-state index contributed by atoms with van der Waals surface area (Å²) < 4.78 is 0.884. The first-order chi connectivity index (χ1) is 9.42. The molecule has 20 heavy (non-hydrogen) atoms. The van der Waals surface area contributed by atoms with Crippen molar-refractivity contribution in [2.45, 2.75) is 32.4 Å². The first kappa shape index (κ1) is 14.9. The van der Waals surface area contributed by atoms with Crippen LogP contribution < -0.4 is 5.32 Å². The lowest BCUT2D eigenvalue weighted by Crippen LogP contribution is -2.45. The Bertz CT molecular complexity index is 592. The number of ketones is 1. The molecular weight excluding hydrogens is 322 g/mol. The van der Waals surface area contributed by atoms with Gasteiger partial charge in [-0.15, -0.1) is 0 Å². The van der Waals surface area contributed by atoms with E-state index in [0.717, 1.165) is 4.47 Å². The smallest absolute Gasteiger partial charge is 0.254 e. The second-order valence-electron chi connectivity index (χ2n) is 4.70. The van der Waals surface area contributed by atoms with Crippen LogP contribution >= 0.6 is 15.9 Å². The third kappa shape index (κ3) is 2.43. The number of aliphatic hydroxyl groups is 1. The molecule has 1 unspecified atom stereocenters. The number of carbonyl (C=O) groups is 2. The Kier molecular flexibility index (Phi) is 4.11. The zero-order chi connectivity index (χ0) is 14.9. The van der Waals surface area contributed by atoms with Crippen LogP contribution in [0.15, 0.2) is 34.3 Å². The van der Waals surface area contributed by atoms with Gasteiger partial charge in [0.15, 0.2) is 11.5 Å². The van der Waals surface area contributed by atoms with Crippen LogP contribution in [0, 0.1) is 0 Å². The average molecular weight is 338 g/mol. The zero-order valence-corrected chi connectivity index (χ0v) is 13.0. The molecule has 0 aliphatic carbocycles. The van der Waals surface area contributed by atoms with Crippen molar-refractivity contribution in [1.82, 2.24) is 5.32 Å². The largest absolute Gasteiger partial charge is 0.367 e. The third-order valence-electron chi connectivity index (χ3n) is 3.46. The van der Waals surface area contributed by atoms with Gasteiger partial charge in [0.25, 0.3) is 5.91 Å². The predicted molar refractivity (Wildman–Crippen MR) is 79.7 cm³/mol. The van der Waals surface area contributed by atoms with Crippen molar-refractivity contribution in [3.05, 3.63) is 39.9 Å². The summed E-state index contributed by atoms with van der Waals surface area (Å²) >= 11 is 3.33. The lowest BCUT2D eigenvalue weighted by molar-refractivity contribution is -0.120. The normalized spacial score (nSPS) is 22.1. The van der Waals surface area contributed by atoms with Gasteiger partial charge in [-0.1, -0.05) is 41.9 Å². The van der Waals surface area contributed by atoms with Gasteiger partial charge in [0.2, 0.25) is 0 Å². The maximum absolute atomic E-state index is 12.2. The second-order valence-corrected chi connectivity index (χ2v) is 5.62. The molecule has 0 fully saturated rings. The van der Waals surface area contributed by atoms with Crippen LogP contribution in [0.2, 0.25) is 0 Å². The van der Waals surface area contributed by atoms with E-state index in [1.54, 1.807) is 38.1 Å². The molecule has 0 saturated heterocycles. The monoisotopic (exact) mass is 337 g/mol. The molecule has 106 valence electrons. The van der Waals surface area contributed by atoms with E-state index >= 15 is 0 Å². The van der Waals surface area contributed by atoms with Crippen LogP contribution in [0.25, 0.3) is 5.57 Å². The van der Waals surface area contributed by atoms with Gasteiger partial charge in [0.1, 0.15) is 0 Å². The topological polar surface area (TPSA) is 66.4 Å². The Balaban J connectivity index is 2.65. The molecule has 1 aromatic carbocycles. The molecule has 0 radical (unpaired) electrons. The first-order valence-corrected chi connectivity index (χ1v) is 7.31. The maximum Gasteiger partial charge on any atom is 0.254 e. The lowest BCUT2D eigenvalue weighted by atomic mass is 9.91. The van der Waals surface area contributed by atoms with Crippen molar-refractivity contribution in [1.29, 1.82) is 0 Å². The van der Waals surface area contributed by atoms with Gasteiger partial charge in [-0.2, -0.15) is 0 Å². The molecule has 0 spiro atoms. The summed E-state index contributed by atoms with van der Waals surface area (Å²) in [5.74, 6) is -0.626. The molecule has 2 rings (SSSR count). The van der Waals surface area contributed by atoms with Gasteiger partial charge < -0.3 is 10.4 Å². The zero-order valence-electron chi connectivity index (χ0n) is 11.4. The van der Waals surface area contributed by atoms with Crippen molar-refractivity contribution < 1.29 is 14.7 Å². The molecule has 5 heteroatoms. The van der Waals surface area contributed by atoms with Crippen molar-refractivity contribution in [3.63, 3.8) is 0 Å². The third-order valence-corrected chi connectivity index (χ3v) is 3.98. The Hall–Kier alpha value is -1.46. The number of Topliss-reactive ketones (excluding diaryl/α,β-unsaturated/α-hetero) is 1. The van der Waals surface area contributed by atoms with E-state index < -0.39 is 11.6 Å². The molecule has 2 N–H and O–H groups in total. The minimum Gasteiger partial charge on any atom is -0.367 e. The minimum atomic E-state index is -1.56. The standard InChI is InChI=1S/C15H16BrNO3/c1-3-11(18)13-12(9-5-7-10(16)8-6-9)14(19)17-15(13,20)4-2/h5-8,20H,3-4H2,1-2H3,(H,17,19). The molecule has 1 aliphatic heterocycles. The quantitative estimate of drug-likeness (QED) is 0.886. The summed E-state index contributed by atoms with van der Waals surface area (Å²) in [6.07, 6.45) is 0.493. The molecule has 1 amide bonds. The van der Waals surface area contributed by atoms with E-state index in [2.05, 4.69) is 21.2 Å². The van der Waals surface area contributed by atoms with Crippen LogP contribution in [-0.4, -0.2) is 22.5 Å². The fourth-order valence-electron chi connectivity index (χ4n) is 2.34. The lowest BCUT2D eigenvalue weighted by Gasteiger charge is -2.23. The van der Waals surface area contributed by atoms with E-state index in [-0.39, 0.29) is 29.8 Å². The number of hydrogen-bond acceptors (Lipinski definition) is 3. The molecule has 0 bridgehead atoms. The molecular formula is C15H16BrNO3. The van der Waals surface area contributed by atoms with E-state index in [1.165, 1.54) is 0 Å². The Morgan fingerprint density at radius 2 is 1.90 bits per heavy atom. The van der Waals surface area contributed by atoms with E-state index in [0.29, 0.717) is 5.56 Å². The second kappa shape index (κ2) is 5.50.